The second-order valence-electron chi connectivity index (χ2n) is 8.32. The molecular formula is C23H23Cl2F3N6O3. The lowest BCUT2D eigenvalue weighted by Crippen LogP contribution is -2.52. The monoisotopic (exact) mass is 558 g/mol. The number of aromatic nitrogens is 3. The van der Waals surface area contributed by atoms with Crippen molar-refractivity contribution in [3.63, 3.8) is 0 Å². The van der Waals surface area contributed by atoms with E-state index >= 15 is 0 Å². The Morgan fingerprint density at radius 1 is 1.14 bits per heavy atom. The SMILES string of the molecule is O=C(NCc1cc(C(F)(F)F)nn1-c1cccc(Cl)c1)N1CCN(c2ncc([C@H](O)CO)cc2Cl)CC1. The molecular weight excluding hydrogens is 536 g/mol. The highest BCUT2D eigenvalue weighted by Gasteiger charge is 2.35. The van der Waals surface area contributed by atoms with Crippen LogP contribution >= 0.6 is 23.2 Å². The molecule has 0 saturated carbocycles. The van der Waals surface area contributed by atoms with Crippen LogP contribution in [0, 0.1) is 0 Å². The number of urea groups is 1. The van der Waals surface area contributed by atoms with Gasteiger partial charge in [-0.2, -0.15) is 18.3 Å². The average molecular weight is 559 g/mol. The Hall–Kier alpha value is -3.06. The molecule has 3 N–H and O–H groups in total. The molecule has 3 heterocycles. The Morgan fingerprint density at radius 3 is 2.49 bits per heavy atom. The third-order valence-corrected chi connectivity index (χ3v) is 6.33. The van der Waals surface area contributed by atoms with Gasteiger partial charge in [-0.05, 0) is 30.3 Å². The minimum atomic E-state index is -4.65. The summed E-state index contributed by atoms with van der Waals surface area (Å²) in [4.78, 5) is 20.5. The number of alkyl halides is 3. The highest BCUT2D eigenvalue weighted by atomic mass is 35.5. The predicted molar refractivity (Wildman–Crippen MR) is 131 cm³/mol. The number of aliphatic hydroxyl groups excluding tert-OH is 2. The van der Waals surface area contributed by atoms with Gasteiger partial charge in [0.25, 0.3) is 0 Å². The molecule has 9 nitrogen and oxygen atoms in total. The molecule has 37 heavy (non-hydrogen) atoms. The first-order valence-electron chi connectivity index (χ1n) is 11.2. The number of benzene rings is 1. The summed E-state index contributed by atoms with van der Waals surface area (Å²) in [6, 6.07) is 8.22. The maximum atomic E-state index is 13.3. The first-order chi connectivity index (χ1) is 17.6. The van der Waals surface area contributed by atoms with E-state index in [1.807, 2.05) is 4.90 Å². The fourth-order valence-corrected chi connectivity index (χ4v) is 4.36. The summed E-state index contributed by atoms with van der Waals surface area (Å²) >= 11 is 12.3. The van der Waals surface area contributed by atoms with Crippen LogP contribution in [-0.2, 0) is 12.7 Å². The Balaban J connectivity index is 1.40. The van der Waals surface area contributed by atoms with Crippen LogP contribution in [-0.4, -0.2) is 68.7 Å². The molecule has 1 aromatic carbocycles. The number of halogens is 5. The van der Waals surface area contributed by atoms with Gasteiger partial charge in [-0.3, -0.25) is 0 Å². The van der Waals surface area contributed by atoms with E-state index in [1.54, 1.807) is 23.1 Å². The third kappa shape index (κ3) is 6.27. The molecule has 0 aliphatic carbocycles. The number of carbonyl (C=O) groups excluding carboxylic acids is 1. The van der Waals surface area contributed by atoms with E-state index in [1.165, 1.54) is 18.3 Å². The molecule has 0 bridgehead atoms. The van der Waals surface area contributed by atoms with E-state index in [0.29, 0.717) is 53.3 Å². The van der Waals surface area contributed by atoms with Crippen molar-refractivity contribution in [2.24, 2.45) is 0 Å². The van der Waals surface area contributed by atoms with Gasteiger partial charge in [0.05, 0.1) is 29.6 Å². The van der Waals surface area contributed by atoms with Crippen LogP contribution in [0.5, 0.6) is 0 Å². The molecule has 1 aliphatic heterocycles. The lowest BCUT2D eigenvalue weighted by molar-refractivity contribution is -0.141. The van der Waals surface area contributed by atoms with Crippen molar-refractivity contribution in [3.05, 3.63) is 69.6 Å². The van der Waals surface area contributed by atoms with Gasteiger partial charge in [-0.25, -0.2) is 14.5 Å². The van der Waals surface area contributed by atoms with Crippen molar-refractivity contribution in [1.29, 1.82) is 0 Å². The molecule has 3 aromatic rings. The summed E-state index contributed by atoms with van der Waals surface area (Å²) in [5, 5.41) is 25.8. The number of aliphatic hydroxyl groups is 2. The van der Waals surface area contributed by atoms with Gasteiger partial charge in [-0.1, -0.05) is 29.3 Å². The van der Waals surface area contributed by atoms with Gasteiger partial charge in [0, 0.05) is 43.0 Å². The zero-order chi connectivity index (χ0) is 26.7. The second-order valence-corrected chi connectivity index (χ2v) is 9.16. The van der Waals surface area contributed by atoms with Gasteiger partial charge < -0.3 is 25.3 Å². The molecule has 4 rings (SSSR count). The maximum Gasteiger partial charge on any atom is 0.435 e. The summed E-state index contributed by atoms with van der Waals surface area (Å²) in [5.74, 6) is 0.487. The van der Waals surface area contributed by atoms with E-state index in [2.05, 4.69) is 15.4 Å². The molecule has 1 atom stereocenters. The molecule has 198 valence electrons. The van der Waals surface area contributed by atoms with Gasteiger partial charge in [0.1, 0.15) is 11.9 Å². The summed E-state index contributed by atoms with van der Waals surface area (Å²) in [5.41, 5.74) is -0.210. The number of carbonyl (C=O) groups is 1. The largest absolute Gasteiger partial charge is 0.435 e. The van der Waals surface area contributed by atoms with E-state index < -0.39 is 30.6 Å². The first kappa shape index (κ1) is 27.0. The van der Waals surface area contributed by atoms with E-state index in [4.69, 9.17) is 28.3 Å². The highest BCUT2D eigenvalue weighted by molar-refractivity contribution is 6.33. The lowest BCUT2D eigenvalue weighted by atomic mass is 10.1. The number of anilines is 1. The molecule has 2 amide bonds. The summed E-state index contributed by atoms with van der Waals surface area (Å²) < 4.78 is 41.0. The van der Waals surface area contributed by atoms with E-state index in [0.717, 1.165) is 10.7 Å². The van der Waals surface area contributed by atoms with Crippen LogP contribution in [0.25, 0.3) is 5.69 Å². The number of nitrogens with zero attached hydrogens (tertiary/aromatic N) is 5. The highest BCUT2D eigenvalue weighted by Crippen LogP contribution is 2.30. The van der Waals surface area contributed by atoms with Crippen LogP contribution in [0.2, 0.25) is 10.0 Å². The van der Waals surface area contributed by atoms with Crippen molar-refractivity contribution in [2.75, 3.05) is 37.7 Å². The van der Waals surface area contributed by atoms with Gasteiger partial charge >= 0.3 is 12.2 Å². The molecule has 1 saturated heterocycles. The normalized spacial score (nSPS) is 15.1. The average Bonchev–Trinajstić information content (AvgIpc) is 3.32. The Labute approximate surface area is 220 Å². The summed E-state index contributed by atoms with van der Waals surface area (Å²) in [7, 11) is 0. The molecule has 0 unspecified atom stereocenters. The van der Waals surface area contributed by atoms with Crippen LogP contribution in [0.3, 0.4) is 0 Å². The number of pyridine rings is 1. The molecule has 1 fully saturated rings. The van der Waals surface area contributed by atoms with Gasteiger partial charge in [0.2, 0.25) is 0 Å². The van der Waals surface area contributed by atoms with Crippen molar-refractivity contribution in [3.8, 4) is 5.69 Å². The van der Waals surface area contributed by atoms with Crippen molar-refractivity contribution in [2.45, 2.75) is 18.8 Å². The van der Waals surface area contributed by atoms with Crippen molar-refractivity contribution < 1.29 is 28.2 Å². The topological polar surface area (TPSA) is 107 Å². The second kappa shape index (κ2) is 11.1. The van der Waals surface area contributed by atoms with Crippen molar-refractivity contribution >= 4 is 35.1 Å². The lowest BCUT2D eigenvalue weighted by Gasteiger charge is -2.35. The smallest absolute Gasteiger partial charge is 0.393 e. The summed E-state index contributed by atoms with van der Waals surface area (Å²) in [6.07, 6.45) is -4.30. The zero-order valence-corrected chi connectivity index (χ0v) is 20.8. The zero-order valence-electron chi connectivity index (χ0n) is 19.3. The standard InChI is InChI=1S/C23H23Cl2F3N6O3/c24-15-2-1-3-16(9-15)34-17(10-20(31-34)23(26,27)28)12-30-22(37)33-6-4-32(5-7-33)21-18(25)8-14(11-29-21)19(36)13-35/h1-3,8-11,19,35-36H,4-7,12-13H2,(H,30,37)/t19-/m1/s1. The number of piperazine rings is 1. The molecule has 1 aliphatic rings. The fourth-order valence-electron chi connectivity index (χ4n) is 3.88. The minimum Gasteiger partial charge on any atom is -0.393 e. The van der Waals surface area contributed by atoms with Crippen LogP contribution < -0.4 is 10.2 Å². The van der Waals surface area contributed by atoms with E-state index in [9.17, 15) is 23.1 Å². The Bertz CT molecular complexity index is 1260. The van der Waals surface area contributed by atoms with E-state index in [-0.39, 0.29) is 12.2 Å². The minimum absolute atomic E-state index is 0.141. The van der Waals surface area contributed by atoms with Gasteiger partial charge in [-0.15, -0.1) is 0 Å². The molecule has 2 aromatic heterocycles. The third-order valence-electron chi connectivity index (χ3n) is 5.81. The first-order valence-corrected chi connectivity index (χ1v) is 12.0. The number of hydrogen-bond acceptors (Lipinski definition) is 6. The Morgan fingerprint density at radius 2 is 1.86 bits per heavy atom. The molecule has 14 heteroatoms. The van der Waals surface area contributed by atoms with Crippen LogP contribution in [0.4, 0.5) is 23.8 Å². The number of nitrogens with one attached hydrogen (secondary N) is 1. The predicted octanol–water partition coefficient (Wildman–Crippen LogP) is 3.65. The fraction of sp³-hybridized carbons (Fsp3) is 0.348. The molecule has 0 spiro atoms. The number of rotatable bonds is 6. The number of amides is 2. The maximum absolute atomic E-state index is 13.3. The quantitative estimate of drug-likeness (QED) is 0.426. The van der Waals surface area contributed by atoms with Gasteiger partial charge in [0.15, 0.2) is 5.69 Å². The number of hydrogen-bond donors (Lipinski definition) is 3. The van der Waals surface area contributed by atoms with Crippen molar-refractivity contribution in [1.82, 2.24) is 25.0 Å². The summed E-state index contributed by atoms with van der Waals surface area (Å²) in [6.45, 7) is 0.846. The van der Waals surface area contributed by atoms with Crippen LogP contribution in [0.1, 0.15) is 23.1 Å². The Kier molecular flexibility index (Phi) is 8.12. The molecule has 0 radical (unpaired) electrons. The van der Waals surface area contributed by atoms with Crippen LogP contribution in [0.15, 0.2) is 42.6 Å².